The van der Waals surface area contributed by atoms with Gasteiger partial charge in [-0.3, -0.25) is 4.79 Å². The molecule has 1 aromatic rings. The molecular weight excluding hydrogens is 276 g/mol. The summed E-state index contributed by atoms with van der Waals surface area (Å²) in [7, 11) is 1.90. The Bertz CT molecular complexity index is 371. The van der Waals surface area contributed by atoms with Gasteiger partial charge in [0.15, 0.2) is 0 Å². The molecule has 0 unspecified atom stereocenters. The van der Waals surface area contributed by atoms with Gasteiger partial charge in [-0.25, -0.2) is 0 Å². The van der Waals surface area contributed by atoms with Crippen molar-refractivity contribution in [2.45, 2.75) is 0 Å². The maximum Gasteiger partial charge on any atom is 0.270 e. The van der Waals surface area contributed by atoms with Crippen LogP contribution in [0.15, 0.2) is 16.7 Å². The molecule has 82 valence electrons. The van der Waals surface area contributed by atoms with E-state index in [1.54, 1.807) is 0 Å². The molecule has 0 N–H and O–H groups in total. The normalized spacial score (nSPS) is 16.8. The molecule has 1 saturated heterocycles. The smallest absolute Gasteiger partial charge is 0.270 e. The minimum atomic E-state index is 0.142. The number of hydrogen-bond donors (Lipinski definition) is 0. The zero-order valence-corrected chi connectivity index (χ0v) is 11.0. The van der Waals surface area contributed by atoms with Gasteiger partial charge in [-0.15, -0.1) is 0 Å². The highest BCUT2D eigenvalue weighted by atomic mass is 79.9. The first-order valence-corrected chi connectivity index (χ1v) is 6.82. The number of carbonyl (C=O) groups excluding carboxylic acids is 1. The Hall–Kier alpha value is -0.420. The maximum absolute atomic E-state index is 12.1. The summed E-state index contributed by atoms with van der Waals surface area (Å²) in [5, 5.41) is 0. The summed E-state index contributed by atoms with van der Waals surface area (Å²) >= 11 is 5.29. The van der Waals surface area contributed by atoms with Gasteiger partial charge in [0.05, 0.1) is 0 Å². The Balaban J connectivity index is 2.16. The van der Waals surface area contributed by atoms with Crippen LogP contribution in [-0.2, 0) is 7.05 Å². The molecule has 5 heteroatoms. The summed E-state index contributed by atoms with van der Waals surface area (Å²) in [4.78, 5) is 14.0. The second-order valence-corrected chi connectivity index (χ2v) is 5.70. The highest BCUT2D eigenvalue weighted by Gasteiger charge is 2.20. The van der Waals surface area contributed by atoms with Crippen molar-refractivity contribution in [1.82, 2.24) is 9.47 Å². The molecule has 0 saturated carbocycles. The predicted octanol–water partition coefficient (Wildman–Crippen LogP) is 1.98. The molecule has 1 amide bonds. The van der Waals surface area contributed by atoms with E-state index in [9.17, 15) is 4.79 Å². The van der Waals surface area contributed by atoms with Crippen molar-refractivity contribution in [3.63, 3.8) is 0 Å². The number of amides is 1. The monoisotopic (exact) mass is 288 g/mol. The van der Waals surface area contributed by atoms with Gasteiger partial charge in [0.2, 0.25) is 0 Å². The van der Waals surface area contributed by atoms with Gasteiger partial charge in [0.1, 0.15) is 5.69 Å². The Kier molecular flexibility index (Phi) is 3.41. The van der Waals surface area contributed by atoms with Crippen molar-refractivity contribution < 1.29 is 4.79 Å². The van der Waals surface area contributed by atoms with Crippen molar-refractivity contribution in [2.24, 2.45) is 7.05 Å². The molecule has 2 heterocycles. The lowest BCUT2D eigenvalue weighted by atomic mass is 10.3. The number of nitrogens with zero attached hydrogens (tertiary/aromatic N) is 2. The fraction of sp³-hybridized carbons (Fsp3) is 0.500. The maximum atomic E-state index is 12.1. The van der Waals surface area contributed by atoms with Crippen LogP contribution < -0.4 is 0 Å². The molecule has 0 atom stereocenters. The number of hydrogen-bond acceptors (Lipinski definition) is 2. The van der Waals surface area contributed by atoms with Crippen LogP contribution in [0.25, 0.3) is 0 Å². The Morgan fingerprint density at radius 3 is 2.67 bits per heavy atom. The van der Waals surface area contributed by atoms with Crippen LogP contribution >= 0.6 is 27.7 Å². The summed E-state index contributed by atoms with van der Waals surface area (Å²) in [5.41, 5.74) is 0.758. The number of thioether (sulfide) groups is 1. The fourth-order valence-corrected chi connectivity index (χ4v) is 3.09. The minimum absolute atomic E-state index is 0.142. The molecule has 0 radical (unpaired) electrons. The van der Waals surface area contributed by atoms with Gasteiger partial charge in [0, 0.05) is 42.3 Å². The third kappa shape index (κ3) is 2.39. The third-order valence-electron chi connectivity index (χ3n) is 2.49. The van der Waals surface area contributed by atoms with Gasteiger partial charge in [-0.2, -0.15) is 11.8 Å². The first-order chi connectivity index (χ1) is 7.18. The fourth-order valence-electron chi connectivity index (χ4n) is 1.67. The number of halogens is 1. The van der Waals surface area contributed by atoms with E-state index in [1.165, 1.54) is 0 Å². The predicted molar refractivity (Wildman–Crippen MR) is 66.3 cm³/mol. The number of aromatic nitrogens is 1. The van der Waals surface area contributed by atoms with Crippen molar-refractivity contribution in [2.75, 3.05) is 24.6 Å². The van der Waals surface area contributed by atoms with Crippen molar-refractivity contribution in [1.29, 1.82) is 0 Å². The lowest BCUT2D eigenvalue weighted by Crippen LogP contribution is -2.38. The average Bonchev–Trinajstić information content (AvgIpc) is 2.58. The standard InChI is InChI=1S/C10H13BrN2OS/c1-12-7-8(11)6-9(12)10(14)13-2-4-15-5-3-13/h6-7H,2-5H2,1H3. The second kappa shape index (κ2) is 4.61. The van der Waals surface area contributed by atoms with Crippen LogP contribution in [0.3, 0.4) is 0 Å². The van der Waals surface area contributed by atoms with Gasteiger partial charge < -0.3 is 9.47 Å². The molecule has 1 fully saturated rings. The Morgan fingerprint density at radius 2 is 2.13 bits per heavy atom. The van der Waals surface area contributed by atoms with Gasteiger partial charge in [-0.05, 0) is 22.0 Å². The summed E-state index contributed by atoms with van der Waals surface area (Å²) in [6.45, 7) is 1.73. The molecule has 2 rings (SSSR count). The van der Waals surface area contributed by atoms with Crippen molar-refractivity contribution in [3.8, 4) is 0 Å². The van der Waals surface area contributed by atoms with Crippen molar-refractivity contribution in [3.05, 3.63) is 22.4 Å². The van der Waals surface area contributed by atoms with E-state index >= 15 is 0 Å². The Morgan fingerprint density at radius 1 is 1.47 bits per heavy atom. The zero-order valence-electron chi connectivity index (χ0n) is 8.57. The third-order valence-corrected chi connectivity index (χ3v) is 3.87. The zero-order chi connectivity index (χ0) is 10.8. The molecule has 15 heavy (non-hydrogen) atoms. The molecule has 0 bridgehead atoms. The van der Waals surface area contributed by atoms with E-state index in [2.05, 4.69) is 15.9 Å². The SMILES string of the molecule is Cn1cc(Br)cc1C(=O)N1CCSCC1. The first kappa shape index (κ1) is 11.1. The summed E-state index contributed by atoms with van der Waals surface area (Å²) in [6, 6.07) is 1.88. The van der Waals surface area contributed by atoms with Crippen LogP contribution in [0, 0.1) is 0 Å². The quantitative estimate of drug-likeness (QED) is 0.790. The van der Waals surface area contributed by atoms with E-state index < -0.39 is 0 Å². The summed E-state index contributed by atoms with van der Waals surface area (Å²) < 4.78 is 2.83. The molecule has 1 aliphatic rings. The van der Waals surface area contributed by atoms with E-state index in [-0.39, 0.29) is 5.91 Å². The van der Waals surface area contributed by atoms with Gasteiger partial charge in [0.25, 0.3) is 5.91 Å². The van der Waals surface area contributed by atoms with E-state index in [4.69, 9.17) is 0 Å². The van der Waals surface area contributed by atoms with Crippen LogP contribution in [0.5, 0.6) is 0 Å². The second-order valence-electron chi connectivity index (χ2n) is 3.56. The lowest BCUT2D eigenvalue weighted by Gasteiger charge is -2.26. The molecule has 0 aromatic carbocycles. The van der Waals surface area contributed by atoms with Crippen LogP contribution in [0.2, 0.25) is 0 Å². The minimum Gasteiger partial charge on any atom is -0.345 e. The molecule has 0 aliphatic carbocycles. The largest absolute Gasteiger partial charge is 0.345 e. The van der Waals surface area contributed by atoms with Gasteiger partial charge >= 0.3 is 0 Å². The van der Waals surface area contributed by atoms with Crippen molar-refractivity contribution >= 4 is 33.6 Å². The molecule has 0 spiro atoms. The van der Waals surface area contributed by atoms with Crippen LogP contribution in [0.4, 0.5) is 0 Å². The van der Waals surface area contributed by atoms with E-state index in [1.807, 2.05) is 40.5 Å². The average molecular weight is 289 g/mol. The van der Waals surface area contributed by atoms with Crippen LogP contribution in [0.1, 0.15) is 10.5 Å². The molecule has 3 nitrogen and oxygen atoms in total. The first-order valence-electron chi connectivity index (χ1n) is 4.87. The summed E-state index contributed by atoms with van der Waals surface area (Å²) in [6.07, 6.45) is 1.91. The van der Waals surface area contributed by atoms with E-state index in [0.29, 0.717) is 0 Å². The van der Waals surface area contributed by atoms with Gasteiger partial charge in [-0.1, -0.05) is 0 Å². The van der Waals surface area contributed by atoms with Crippen LogP contribution in [-0.4, -0.2) is 40.0 Å². The Labute approximate surface area is 102 Å². The highest BCUT2D eigenvalue weighted by molar-refractivity contribution is 9.10. The number of rotatable bonds is 1. The summed E-state index contributed by atoms with van der Waals surface area (Å²) in [5.74, 6) is 2.25. The molecule has 1 aromatic heterocycles. The van der Waals surface area contributed by atoms with E-state index in [0.717, 1.165) is 34.8 Å². The number of aryl methyl sites for hydroxylation is 1. The lowest BCUT2D eigenvalue weighted by molar-refractivity contribution is 0.0763. The highest BCUT2D eigenvalue weighted by Crippen LogP contribution is 2.17. The molecule has 1 aliphatic heterocycles. The number of carbonyl (C=O) groups is 1. The topological polar surface area (TPSA) is 25.2 Å². The molecular formula is C10H13BrN2OS.